The number of rotatable bonds is 9. The molecule has 37 heavy (non-hydrogen) atoms. The molecule has 6 N–H and O–H groups in total. The minimum Gasteiger partial charge on any atom is -0.489 e. The highest BCUT2D eigenvalue weighted by Crippen LogP contribution is 2.22. The van der Waals surface area contributed by atoms with Crippen LogP contribution in [0.1, 0.15) is 28.0 Å². The largest absolute Gasteiger partial charge is 0.489 e. The number of hydrogen-bond acceptors (Lipinski definition) is 8. The number of benzene rings is 2. The van der Waals surface area contributed by atoms with Crippen LogP contribution in [-0.4, -0.2) is 70.3 Å². The third kappa shape index (κ3) is 6.60. The predicted octanol–water partition coefficient (Wildman–Crippen LogP) is 1.37. The summed E-state index contributed by atoms with van der Waals surface area (Å²) in [5, 5.41) is 22.4. The van der Waals surface area contributed by atoms with Crippen molar-refractivity contribution < 1.29 is 24.6 Å². The number of nitrogens with two attached hydrogens (primary N) is 1. The molecule has 2 amide bonds. The predicted molar refractivity (Wildman–Crippen MR) is 138 cm³/mol. The third-order valence-electron chi connectivity index (χ3n) is 6.63. The minimum atomic E-state index is -0.586. The number of carbonyl (C=O) groups excluding carboxylic acids is 2. The van der Waals surface area contributed by atoms with Crippen molar-refractivity contribution >= 4 is 22.7 Å². The van der Waals surface area contributed by atoms with E-state index in [1.165, 1.54) is 0 Å². The number of pyridine rings is 1. The molecule has 2 heterocycles. The zero-order valence-corrected chi connectivity index (χ0v) is 20.8. The lowest BCUT2D eigenvalue weighted by molar-refractivity contribution is -0.135. The lowest BCUT2D eigenvalue weighted by Crippen LogP contribution is -2.57. The standard InChI is InChI=1S/C27H33N5O5/c1-17-12-19(22-4-2-3-5-24(22)29-17)16-37-21-8-6-18(7-9-21)26(34)30-25-14-32(13-20(28)15-33)11-10-23(25)27(35)31-36/h2-9,12,20,23,25,33,36H,10-11,13-16,28H2,1H3,(H,30,34)(H,31,35)/t20-,23+,25-/m1/s1. The number of aryl methyl sites for hydroxylation is 1. The number of para-hydroxylation sites is 1. The number of carbonyl (C=O) groups is 2. The molecule has 10 heteroatoms. The summed E-state index contributed by atoms with van der Waals surface area (Å²) in [4.78, 5) is 31.7. The first-order chi connectivity index (χ1) is 17.9. The van der Waals surface area contributed by atoms with Gasteiger partial charge in [-0.05, 0) is 56.3 Å². The van der Waals surface area contributed by atoms with Gasteiger partial charge >= 0.3 is 0 Å². The number of nitrogens with zero attached hydrogens (tertiary/aromatic N) is 2. The first-order valence-corrected chi connectivity index (χ1v) is 12.3. The van der Waals surface area contributed by atoms with Gasteiger partial charge in [-0.2, -0.15) is 0 Å². The van der Waals surface area contributed by atoms with E-state index in [2.05, 4.69) is 10.3 Å². The van der Waals surface area contributed by atoms with Gasteiger partial charge in [0.25, 0.3) is 5.91 Å². The second-order valence-corrected chi connectivity index (χ2v) is 9.41. The molecular weight excluding hydrogens is 474 g/mol. The maximum Gasteiger partial charge on any atom is 0.251 e. The number of aromatic nitrogens is 1. The number of fused-ring (bicyclic) bond motifs is 1. The fourth-order valence-corrected chi connectivity index (χ4v) is 4.75. The third-order valence-corrected chi connectivity index (χ3v) is 6.63. The lowest BCUT2D eigenvalue weighted by atomic mass is 9.90. The Morgan fingerprint density at radius 1 is 1.22 bits per heavy atom. The van der Waals surface area contributed by atoms with Gasteiger partial charge in [0, 0.05) is 41.3 Å². The number of hydrogen-bond donors (Lipinski definition) is 5. The van der Waals surface area contributed by atoms with Crippen LogP contribution in [0.4, 0.5) is 0 Å². The van der Waals surface area contributed by atoms with Crippen molar-refractivity contribution in [1.29, 1.82) is 0 Å². The Morgan fingerprint density at radius 2 is 1.97 bits per heavy atom. The number of hydroxylamine groups is 1. The number of nitrogens with one attached hydrogen (secondary N) is 2. The van der Waals surface area contributed by atoms with Crippen LogP contribution in [0.25, 0.3) is 10.9 Å². The van der Waals surface area contributed by atoms with Crippen molar-refractivity contribution in [3.63, 3.8) is 0 Å². The summed E-state index contributed by atoms with van der Waals surface area (Å²) < 4.78 is 5.99. The molecule has 0 aliphatic carbocycles. The Balaban J connectivity index is 1.40. The van der Waals surface area contributed by atoms with E-state index in [9.17, 15) is 14.7 Å². The van der Waals surface area contributed by atoms with E-state index in [4.69, 9.17) is 15.7 Å². The van der Waals surface area contributed by atoms with Crippen LogP contribution in [0, 0.1) is 12.8 Å². The summed E-state index contributed by atoms with van der Waals surface area (Å²) in [7, 11) is 0. The highest BCUT2D eigenvalue weighted by molar-refractivity contribution is 5.95. The van der Waals surface area contributed by atoms with E-state index in [1.54, 1.807) is 29.7 Å². The van der Waals surface area contributed by atoms with E-state index < -0.39 is 23.9 Å². The number of likely N-dealkylation sites (tertiary alicyclic amines) is 1. The quantitative estimate of drug-likeness (QED) is 0.215. The molecule has 196 valence electrons. The van der Waals surface area contributed by atoms with Gasteiger partial charge in [-0.25, -0.2) is 5.48 Å². The Kier molecular flexibility index (Phi) is 8.67. The summed E-state index contributed by atoms with van der Waals surface area (Å²) in [5.41, 5.74) is 10.8. The van der Waals surface area contributed by atoms with Gasteiger partial charge < -0.3 is 20.9 Å². The van der Waals surface area contributed by atoms with Crippen molar-refractivity contribution in [2.75, 3.05) is 26.2 Å². The molecule has 3 aromatic rings. The Morgan fingerprint density at radius 3 is 2.70 bits per heavy atom. The summed E-state index contributed by atoms with van der Waals surface area (Å²) in [6, 6.07) is 15.8. The van der Waals surface area contributed by atoms with Crippen LogP contribution in [0.2, 0.25) is 0 Å². The molecule has 1 fully saturated rings. The average Bonchev–Trinajstić information content (AvgIpc) is 2.91. The zero-order valence-electron chi connectivity index (χ0n) is 20.8. The molecule has 0 bridgehead atoms. The Labute approximate surface area is 215 Å². The second-order valence-electron chi connectivity index (χ2n) is 9.41. The van der Waals surface area contributed by atoms with Gasteiger partial charge in [-0.3, -0.25) is 24.7 Å². The van der Waals surface area contributed by atoms with Crippen LogP contribution in [-0.2, 0) is 11.4 Å². The maximum absolute atomic E-state index is 13.0. The van der Waals surface area contributed by atoms with Gasteiger partial charge in [0.1, 0.15) is 12.4 Å². The highest BCUT2D eigenvalue weighted by atomic mass is 16.5. The second kappa shape index (κ2) is 12.1. The van der Waals surface area contributed by atoms with Crippen LogP contribution >= 0.6 is 0 Å². The molecule has 2 aromatic carbocycles. The molecule has 3 atom stereocenters. The van der Waals surface area contributed by atoms with Gasteiger partial charge in [0.15, 0.2) is 0 Å². The molecule has 0 unspecified atom stereocenters. The SMILES string of the molecule is Cc1cc(COc2ccc(C(=O)N[C@@H]3CN(C[C@@H](N)CO)CC[C@@H]3C(=O)NO)cc2)c2ccccc2n1. The van der Waals surface area contributed by atoms with Crippen LogP contribution in [0.3, 0.4) is 0 Å². The molecule has 10 nitrogen and oxygen atoms in total. The van der Waals surface area contributed by atoms with Crippen molar-refractivity contribution in [3.05, 3.63) is 71.4 Å². The molecule has 1 saturated heterocycles. The monoisotopic (exact) mass is 507 g/mol. The highest BCUT2D eigenvalue weighted by Gasteiger charge is 2.35. The molecule has 1 aliphatic rings. The van der Waals surface area contributed by atoms with Crippen molar-refractivity contribution in [2.45, 2.75) is 32.0 Å². The fraction of sp³-hybridized carbons (Fsp3) is 0.370. The summed E-state index contributed by atoms with van der Waals surface area (Å²) in [6.07, 6.45) is 0.436. The van der Waals surface area contributed by atoms with E-state index in [0.717, 1.165) is 22.2 Å². The van der Waals surface area contributed by atoms with Gasteiger partial charge in [0.2, 0.25) is 5.91 Å². The van der Waals surface area contributed by atoms with Gasteiger partial charge in [-0.1, -0.05) is 18.2 Å². The lowest BCUT2D eigenvalue weighted by Gasteiger charge is -2.38. The van der Waals surface area contributed by atoms with E-state index in [0.29, 0.717) is 44.0 Å². The number of ether oxygens (including phenoxy) is 1. The first-order valence-electron chi connectivity index (χ1n) is 12.3. The summed E-state index contributed by atoms with van der Waals surface area (Å²) >= 11 is 0. The van der Waals surface area contributed by atoms with E-state index >= 15 is 0 Å². The van der Waals surface area contributed by atoms with Crippen molar-refractivity contribution in [1.82, 2.24) is 20.7 Å². The fourth-order valence-electron chi connectivity index (χ4n) is 4.75. The number of piperidine rings is 1. The topological polar surface area (TPSA) is 150 Å². The molecule has 4 rings (SSSR count). The minimum absolute atomic E-state index is 0.153. The molecule has 0 radical (unpaired) electrons. The number of aliphatic hydroxyl groups is 1. The molecule has 1 aliphatic heterocycles. The van der Waals surface area contributed by atoms with Gasteiger partial charge in [0.05, 0.1) is 24.1 Å². The van der Waals surface area contributed by atoms with Crippen molar-refractivity contribution in [3.8, 4) is 5.75 Å². The molecule has 1 aromatic heterocycles. The van der Waals surface area contributed by atoms with Crippen molar-refractivity contribution in [2.24, 2.45) is 11.7 Å². The smallest absolute Gasteiger partial charge is 0.251 e. The van der Waals surface area contributed by atoms with Gasteiger partial charge in [-0.15, -0.1) is 0 Å². The van der Waals surface area contributed by atoms with Crippen LogP contribution in [0.5, 0.6) is 5.75 Å². The summed E-state index contributed by atoms with van der Waals surface area (Å²) in [6.45, 7) is 3.54. The van der Waals surface area contributed by atoms with E-state index in [1.807, 2.05) is 42.2 Å². The van der Waals surface area contributed by atoms with Crippen LogP contribution in [0.15, 0.2) is 54.6 Å². The molecule has 0 spiro atoms. The Hall–Kier alpha value is -3.57. The summed E-state index contributed by atoms with van der Waals surface area (Å²) in [5.74, 6) is -0.846. The molecular formula is C27H33N5O5. The number of aliphatic hydroxyl groups excluding tert-OH is 1. The first kappa shape index (κ1) is 26.5. The average molecular weight is 508 g/mol. The Bertz CT molecular complexity index is 1240. The zero-order chi connectivity index (χ0) is 26.4. The van der Waals surface area contributed by atoms with Crippen LogP contribution < -0.4 is 21.3 Å². The normalized spacial score (nSPS) is 18.8. The molecule has 0 saturated carbocycles. The maximum atomic E-state index is 13.0. The van der Waals surface area contributed by atoms with E-state index in [-0.39, 0.29) is 12.5 Å². The number of amides is 2.